The molecule has 0 unspecified atom stereocenters. The third kappa shape index (κ3) is 4.73. The van der Waals surface area contributed by atoms with Gasteiger partial charge in [-0.05, 0) is 63.0 Å². The van der Waals surface area contributed by atoms with Gasteiger partial charge in [0, 0.05) is 36.4 Å². The van der Waals surface area contributed by atoms with E-state index in [-0.39, 0.29) is 5.82 Å². The van der Waals surface area contributed by atoms with Crippen molar-refractivity contribution in [3.05, 3.63) is 36.3 Å². The van der Waals surface area contributed by atoms with Crippen LogP contribution in [0.25, 0.3) is 10.9 Å². The molecule has 1 aliphatic rings. The number of rotatable bonds is 8. The Labute approximate surface area is 157 Å². The van der Waals surface area contributed by atoms with Crippen LogP contribution in [-0.2, 0) is 0 Å². The van der Waals surface area contributed by atoms with Gasteiger partial charge in [-0.3, -0.25) is 4.98 Å². The average molecular weight is 358 g/mol. The fraction of sp³-hybridized carbons (Fsp3) is 0.591. The molecule has 0 bridgehead atoms. The predicted molar refractivity (Wildman–Crippen MR) is 108 cm³/mol. The van der Waals surface area contributed by atoms with Gasteiger partial charge >= 0.3 is 0 Å². The number of hydrogen-bond acceptors (Lipinski definition) is 3. The van der Waals surface area contributed by atoms with Crippen LogP contribution in [0.2, 0.25) is 0 Å². The van der Waals surface area contributed by atoms with Crippen LogP contribution in [0, 0.1) is 11.7 Å². The van der Waals surface area contributed by atoms with Crippen molar-refractivity contribution in [3.63, 3.8) is 0 Å². The highest BCUT2D eigenvalue weighted by atomic mass is 19.1. The standard InChI is InChI=1S/C22H32FN3/c1-3-25(4-2)14-6-5-7-18-11-15-26(16-12-18)22-10-13-24-21-17-19(23)8-9-20(21)22/h8-10,13,17-18H,3-7,11-12,14-16H2,1-2H3. The van der Waals surface area contributed by atoms with Gasteiger partial charge in [-0.25, -0.2) is 4.39 Å². The highest BCUT2D eigenvalue weighted by molar-refractivity contribution is 5.91. The van der Waals surface area contributed by atoms with Crippen molar-refractivity contribution in [2.24, 2.45) is 5.92 Å². The molecule has 2 heterocycles. The van der Waals surface area contributed by atoms with Gasteiger partial charge in [0.2, 0.25) is 0 Å². The summed E-state index contributed by atoms with van der Waals surface area (Å²) >= 11 is 0. The Morgan fingerprint density at radius 3 is 2.62 bits per heavy atom. The van der Waals surface area contributed by atoms with Crippen molar-refractivity contribution in [2.45, 2.75) is 46.0 Å². The van der Waals surface area contributed by atoms with Crippen LogP contribution in [0.1, 0.15) is 46.0 Å². The number of benzene rings is 1. The smallest absolute Gasteiger partial charge is 0.125 e. The van der Waals surface area contributed by atoms with Crippen molar-refractivity contribution in [1.29, 1.82) is 0 Å². The summed E-state index contributed by atoms with van der Waals surface area (Å²) in [5.41, 5.74) is 1.95. The molecule has 1 aliphatic heterocycles. The topological polar surface area (TPSA) is 19.4 Å². The fourth-order valence-corrected chi connectivity index (χ4v) is 4.15. The maximum absolute atomic E-state index is 13.4. The molecule has 4 heteroatoms. The van der Waals surface area contributed by atoms with E-state index >= 15 is 0 Å². The van der Waals surface area contributed by atoms with E-state index in [1.54, 1.807) is 6.20 Å². The highest BCUT2D eigenvalue weighted by Crippen LogP contribution is 2.31. The van der Waals surface area contributed by atoms with Gasteiger partial charge in [-0.2, -0.15) is 0 Å². The van der Waals surface area contributed by atoms with E-state index in [0.29, 0.717) is 0 Å². The van der Waals surface area contributed by atoms with E-state index in [0.717, 1.165) is 29.9 Å². The summed E-state index contributed by atoms with van der Waals surface area (Å²) in [6.07, 6.45) is 8.35. The van der Waals surface area contributed by atoms with Crippen molar-refractivity contribution in [3.8, 4) is 0 Å². The lowest BCUT2D eigenvalue weighted by Gasteiger charge is -2.34. The molecule has 0 N–H and O–H groups in total. The lowest BCUT2D eigenvalue weighted by atomic mass is 9.91. The zero-order valence-corrected chi connectivity index (χ0v) is 16.3. The van der Waals surface area contributed by atoms with Crippen molar-refractivity contribution in [1.82, 2.24) is 9.88 Å². The number of fused-ring (bicyclic) bond motifs is 1. The minimum Gasteiger partial charge on any atom is -0.371 e. The second kappa shape index (κ2) is 9.31. The summed E-state index contributed by atoms with van der Waals surface area (Å²) < 4.78 is 13.4. The van der Waals surface area contributed by atoms with Gasteiger partial charge < -0.3 is 9.80 Å². The third-order valence-corrected chi connectivity index (χ3v) is 5.87. The summed E-state index contributed by atoms with van der Waals surface area (Å²) in [6.45, 7) is 10.3. The van der Waals surface area contributed by atoms with Gasteiger partial charge in [0.05, 0.1) is 5.52 Å². The SMILES string of the molecule is CCN(CC)CCCCC1CCN(c2ccnc3cc(F)ccc23)CC1. The van der Waals surface area contributed by atoms with Crippen LogP contribution in [0.15, 0.2) is 30.5 Å². The Bertz CT molecular complexity index is 691. The van der Waals surface area contributed by atoms with Gasteiger partial charge in [0.15, 0.2) is 0 Å². The second-order valence-corrected chi connectivity index (χ2v) is 7.44. The first-order valence-corrected chi connectivity index (χ1v) is 10.2. The van der Waals surface area contributed by atoms with Crippen LogP contribution in [0.5, 0.6) is 0 Å². The molecule has 1 saturated heterocycles. The second-order valence-electron chi connectivity index (χ2n) is 7.44. The lowest BCUT2D eigenvalue weighted by Crippen LogP contribution is -2.33. The Morgan fingerprint density at radius 1 is 1.12 bits per heavy atom. The van der Waals surface area contributed by atoms with E-state index in [2.05, 4.69) is 34.7 Å². The lowest BCUT2D eigenvalue weighted by molar-refractivity contribution is 0.286. The fourth-order valence-electron chi connectivity index (χ4n) is 4.15. The van der Waals surface area contributed by atoms with Crippen LogP contribution in [-0.4, -0.2) is 42.6 Å². The summed E-state index contributed by atoms with van der Waals surface area (Å²) in [5.74, 6) is 0.638. The normalized spacial score (nSPS) is 15.9. The molecule has 3 nitrogen and oxygen atoms in total. The first-order valence-electron chi connectivity index (χ1n) is 10.2. The summed E-state index contributed by atoms with van der Waals surface area (Å²) in [7, 11) is 0. The zero-order valence-electron chi connectivity index (χ0n) is 16.3. The minimum atomic E-state index is -0.217. The maximum atomic E-state index is 13.4. The molecule has 142 valence electrons. The van der Waals surface area contributed by atoms with E-state index in [4.69, 9.17) is 0 Å². The van der Waals surface area contributed by atoms with E-state index in [1.807, 2.05) is 6.07 Å². The number of unbranched alkanes of at least 4 members (excludes halogenated alkanes) is 1. The van der Waals surface area contributed by atoms with E-state index in [1.165, 1.54) is 69.6 Å². The van der Waals surface area contributed by atoms with E-state index < -0.39 is 0 Å². The molecule has 0 spiro atoms. The molecule has 1 aromatic heterocycles. The molecule has 0 amide bonds. The molecule has 0 radical (unpaired) electrons. The molecule has 0 saturated carbocycles. The summed E-state index contributed by atoms with van der Waals surface area (Å²) in [6, 6.07) is 7.01. The molecule has 1 fully saturated rings. The Morgan fingerprint density at radius 2 is 1.88 bits per heavy atom. The van der Waals surface area contributed by atoms with Crippen LogP contribution in [0.3, 0.4) is 0 Å². The molecular formula is C22H32FN3. The van der Waals surface area contributed by atoms with Gasteiger partial charge in [-0.1, -0.05) is 26.7 Å². The number of halogens is 1. The monoisotopic (exact) mass is 357 g/mol. The molecule has 26 heavy (non-hydrogen) atoms. The van der Waals surface area contributed by atoms with E-state index in [9.17, 15) is 4.39 Å². The Hall–Kier alpha value is -1.68. The first-order chi connectivity index (χ1) is 12.7. The number of pyridine rings is 1. The summed E-state index contributed by atoms with van der Waals surface area (Å²) in [5, 5.41) is 1.06. The Balaban J connectivity index is 1.50. The number of hydrogen-bond donors (Lipinski definition) is 0. The molecular weight excluding hydrogens is 325 g/mol. The molecule has 0 aliphatic carbocycles. The Kier molecular flexibility index (Phi) is 6.84. The number of piperidine rings is 1. The van der Waals surface area contributed by atoms with Gasteiger partial charge in [-0.15, -0.1) is 0 Å². The molecule has 2 aromatic rings. The molecule has 1 aromatic carbocycles. The molecule has 0 atom stereocenters. The van der Waals surface area contributed by atoms with Gasteiger partial charge in [0.25, 0.3) is 0 Å². The van der Waals surface area contributed by atoms with Crippen LogP contribution >= 0.6 is 0 Å². The zero-order chi connectivity index (χ0) is 18.4. The number of nitrogens with zero attached hydrogens (tertiary/aromatic N) is 3. The first kappa shape index (κ1) is 19.1. The average Bonchev–Trinajstić information content (AvgIpc) is 2.68. The highest BCUT2D eigenvalue weighted by Gasteiger charge is 2.20. The minimum absolute atomic E-state index is 0.217. The number of anilines is 1. The van der Waals surface area contributed by atoms with Crippen molar-refractivity contribution < 1.29 is 4.39 Å². The largest absolute Gasteiger partial charge is 0.371 e. The van der Waals surface area contributed by atoms with Crippen molar-refractivity contribution in [2.75, 3.05) is 37.6 Å². The van der Waals surface area contributed by atoms with Crippen LogP contribution in [0.4, 0.5) is 10.1 Å². The van der Waals surface area contributed by atoms with Crippen molar-refractivity contribution >= 4 is 16.6 Å². The molecule has 3 rings (SSSR count). The number of aromatic nitrogens is 1. The van der Waals surface area contributed by atoms with Gasteiger partial charge in [0.1, 0.15) is 5.82 Å². The summed E-state index contributed by atoms with van der Waals surface area (Å²) in [4.78, 5) is 9.29. The third-order valence-electron chi connectivity index (χ3n) is 5.87. The predicted octanol–water partition coefficient (Wildman–Crippen LogP) is 5.10. The van der Waals surface area contributed by atoms with Crippen LogP contribution < -0.4 is 4.90 Å². The quantitative estimate of drug-likeness (QED) is 0.613. The maximum Gasteiger partial charge on any atom is 0.125 e.